The minimum Gasteiger partial charge on any atom is -0.465 e. The van der Waals surface area contributed by atoms with E-state index in [0.717, 1.165) is 19.3 Å². The maximum atomic E-state index is 12.8. The Labute approximate surface area is 229 Å². The zero-order valence-electron chi connectivity index (χ0n) is 24.9. The fourth-order valence-electron chi connectivity index (χ4n) is 6.80. The van der Waals surface area contributed by atoms with Gasteiger partial charge in [-0.3, -0.25) is 9.59 Å². The summed E-state index contributed by atoms with van der Waals surface area (Å²) in [4.78, 5) is 36.5. The Morgan fingerprint density at radius 3 is 2.39 bits per heavy atom. The predicted octanol–water partition coefficient (Wildman–Crippen LogP) is 6.13. The van der Waals surface area contributed by atoms with Crippen LogP contribution in [0.5, 0.6) is 0 Å². The van der Waals surface area contributed by atoms with Gasteiger partial charge in [0.15, 0.2) is 8.32 Å². The largest absolute Gasteiger partial charge is 0.465 e. The van der Waals surface area contributed by atoms with Gasteiger partial charge >= 0.3 is 17.9 Å². The summed E-state index contributed by atoms with van der Waals surface area (Å²) in [6, 6.07) is 0. The van der Waals surface area contributed by atoms with Crippen molar-refractivity contribution in [1.82, 2.24) is 0 Å². The van der Waals surface area contributed by atoms with Crippen molar-refractivity contribution >= 4 is 26.2 Å². The molecule has 0 aromatic rings. The van der Waals surface area contributed by atoms with Crippen LogP contribution < -0.4 is 0 Å². The maximum absolute atomic E-state index is 12.8. The smallest absolute Gasteiger partial charge is 0.336 e. The number of carbonyl (C=O) groups excluding carboxylic acids is 3. The summed E-state index contributed by atoms with van der Waals surface area (Å²) in [6.45, 7) is 23.1. The molecule has 0 bridgehead atoms. The fourth-order valence-corrected chi connectivity index (χ4v) is 8.06. The van der Waals surface area contributed by atoms with Crippen molar-refractivity contribution in [2.45, 2.75) is 111 Å². The van der Waals surface area contributed by atoms with Gasteiger partial charge in [-0.2, -0.15) is 0 Å². The number of rotatable bonds is 7. The van der Waals surface area contributed by atoms with Crippen LogP contribution in [-0.2, 0) is 33.0 Å². The first-order valence-electron chi connectivity index (χ1n) is 14.0. The lowest BCUT2D eigenvalue weighted by atomic mass is 9.46. The standard InChI is InChI=1S/C30H48O7Si/c1-19-11-14-25-29(7,16-15-26(36-21(3)32)30(25,8)18-35-20(2)31)23(19)13-12-22-24(17-34-27(22)33)37-38(9,10)28(4,5)6/h12,23-26H,1,11,13-18H2,2-10H3/b22-12+/t23-,24+,25+,26-,29+,30+/m1/s1. The second-order valence-electron chi connectivity index (χ2n) is 13.6. The number of hydrogen-bond donors (Lipinski definition) is 0. The molecule has 0 unspecified atom stereocenters. The molecule has 0 aromatic carbocycles. The minimum absolute atomic E-state index is 0.0229. The fraction of sp³-hybridized carbons (Fsp3) is 0.767. The SMILES string of the molecule is C=C1CC[C@@H]2[C@](C)(COC(C)=O)[C@H](OC(C)=O)CC[C@@]2(C)[C@@H]1C/C=C1/C(=O)OC[C@@H]1O[Si](C)(C)C(C)(C)C. The van der Waals surface area contributed by atoms with E-state index in [-0.39, 0.29) is 65.6 Å². The van der Waals surface area contributed by atoms with Crippen LogP contribution in [0.2, 0.25) is 18.1 Å². The average molecular weight is 549 g/mol. The summed E-state index contributed by atoms with van der Waals surface area (Å²) >= 11 is 0. The molecule has 0 spiro atoms. The Morgan fingerprint density at radius 2 is 1.82 bits per heavy atom. The molecule has 7 nitrogen and oxygen atoms in total. The Balaban J connectivity index is 1.91. The number of hydrogen-bond acceptors (Lipinski definition) is 7. The quantitative estimate of drug-likeness (QED) is 0.124. The molecule has 2 saturated carbocycles. The summed E-state index contributed by atoms with van der Waals surface area (Å²) in [7, 11) is -2.10. The van der Waals surface area contributed by atoms with Crippen LogP contribution in [0, 0.1) is 22.7 Å². The van der Waals surface area contributed by atoms with E-state index >= 15 is 0 Å². The van der Waals surface area contributed by atoms with Crippen molar-refractivity contribution in [3.05, 3.63) is 23.8 Å². The Kier molecular flexibility index (Phi) is 8.79. The zero-order valence-corrected chi connectivity index (χ0v) is 25.9. The van der Waals surface area contributed by atoms with E-state index < -0.39 is 13.7 Å². The van der Waals surface area contributed by atoms with Crippen molar-refractivity contribution in [2.75, 3.05) is 13.2 Å². The number of carbonyl (C=O) groups is 3. The molecule has 0 aromatic heterocycles. The highest BCUT2D eigenvalue weighted by Crippen LogP contribution is 2.62. The van der Waals surface area contributed by atoms with Gasteiger partial charge in [0.05, 0.1) is 5.57 Å². The van der Waals surface area contributed by atoms with Crippen molar-refractivity contribution < 1.29 is 33.0 Å². The van der Waals surface area contributed by atoms with Gasteiger partial charge in [0.2, 0.25) is 0 Å². The van der Waals surface area contributed by atoms with Gasteiger partial charge in [-0.15, -0.1) is 0 Å². The summed E-state index contributed by atoms with van der Waals surface area (Å²) in [5.41, 5.74) is 1.12. The molecule has 8 heteroatoms. The Bertz CT molecular complexity index is 993. The summed E-state index contributed by atoms with van der Waals surface area (Å²) in [6.07, 6.45) is 5.28. The molecule has 38 heavy (non-hydrogen) atoms. The highest BCUT2D eigenvalue weighted by atomic mass is 28.4. The van der Waals surface area contributed by atoms with Gasteiger partial charge in [0.25, 0.3) is 0 Å². The molecule has 6 atom stereocenters. The van der Waals surface area contributed by atoms with Crippen molar-refractivity contribution in [1.29, 1.82) is 0 Å². The van der Waals surface area contributed by atoms with E-state index in [0.29, 0.717) is 18.4 Å². The zero-order chi connectivity index (χ0) is 28.7. The molecule has 214 valence electrons. The van der Waals surface area contributed by atoms with Crippen LogP contribution in [0.25, 0.3) is 0 Å². The first-order valence-corrected chi connectivity index (χ1v) is 16.9. The molecule has 0 amide bonds. The lowest BCUT2D eigenvalue weighted by Gasteiger charge is -2.60. The van der Waals surface area contributed by atoms with Gasteiger partial charge in [0, 0.05) is 19.3 Å². The molecule has 3 aliphatic rings. The molecule has 0 radical (unpaired) electrons. The second-order valence-corrected chi connectivity index (χ2v) is 18.3. The third-order valence-corrected chi connectivity index (χ3v) is 14.5. The highest BCUT2D eigenvalue weighted by Gasteiger charge is 2.59. The van der Waals surface area contributed by atoms with Crippen molar-refractivity contribution in [2.24, 2.45) is 22.7 Å². The van der Waals surface area contributed by atoms with E-state index in [1.807, 2.05) is 6.08 Å². The normalized spacial score (nSPS) is 35.0. The number of esters is 3. The summed E-state index contributed by atoms with van der Waals surface area (Å²) in [5.74, 6) is -0.673. The van der Waals surface area contributed by atoms with Gasteiger partial charge in [-0.25, -0.2) is 4.79 Å². The predicted molar refractivity (Wildman–Crippen MR) is 149 cm³/mol. The lowest BCUT2D eigenvalue weighted by Crippen LogP contribution is -2.58. The van der Waals surface area contributed by atoms with Crippen LogP contribution in [0.15, 0.2) is 23.8 Å². The molecule has 3 fully saturated rings. The van der Waals surface area contributed by atoms with Gasteiger partial charge in [-0.05, 0) is 67.5 Å². The molecule has 1 saturated heterocycles. The highest BCUT2D eigenvalue weighted by molar-refractivity contribution is 6.74. The molecule has 1 heterocycles. The Hall–Kier alpha value is -1.93. The van der Waals surface area contributed by atoms with Crippen LogP contribution in [-0.4, -0.2) is 51.6 Å². The van der Waals surface area contributed by atoms with Crippen LogP contribution in [0.1, 0.15) is 80.6 Å². The van der Waals surface area contributed by atoms with E-state index in [9.17, 15) is 14.4 Å². The van der Waals surface area contributed by atoms with Crippen LogP contribution in [0.3, 0.4) is 0 Å². The van der Waals surface area contributed by atoms with Gasteiger partial charge < -0.3 is 18.6 Å². The molecule has 0 N–H and O–H groups in total. The summed E-state index contributed by atoms with van der Waals surface area (Å²) < 4.78 is 23.4. The number of allylic oxidation sites excluding steroid dienone is 2. The van der Waals surface area contributed by atoms with Crippen molar-refractivity contribution in [3.63, 3.8) is 0 Å². The lowest BCUT2D eigenvalue weighted by molar-refractivity contribution is -0.191. The number of fused-ring (bicyclic) bond motifs is 1. The monoisotopic (exact) mass is 548 g/mol. The van der Waals surface area contributed by atoms with E-state index in [1.165, 1.54) is 19.4 Å². The third-order valence-electron chi connectivity index (χ3n) is 9.98. The van der Waals surface area contributed by atoms with Gasteiger partial charge in [-0.1, -0.05) is 52.8 Å². The first kappa shape index (κ1) is 30.6. The van der Waals surface area contributed by atoms with E-state index in [4.69, 9.17) is 18.6 Å². The number of cyclic esters (lactones) is 1. The minimum atomic E-state index is -2.10. The topological polar surface area (TPSA) is 88.1 Å². The maximum Gasteiger partial charge on any atom is 0.336 e. The first-order chi connectivity index (χ1) is 17.4. The van der Waals surface area contributed by atoms with E-state index in [1.54, 1.807) is 0 Å². The molecular weight excluding hydrogens is 500 g/mol. The molecule has 1 aliphatic heterocycles. The molecule has 2 aliphatic carbocycles. The van der Waals surface area contributed by atoms with E-state index in [2.05, 4.69) is 54.3 Å². The molecular formula is C30H48O7Si. The van der Waals surface area contributed by atoms with Crippen LogP contribution in [0.4, 0.5) is 0 Å². The van der Waals surface area contributed by atoms with Crippen molar-refractivity contribution in [3.8, 4) is 0 Å². The average Bonchev–Trinajstić information content (AvgIpc) is 3.11. The third kappa shape index (κ3) is 5.96. The molecule has 3 rings (SSSR count). The Morgan fingerprint density at radius 1 is 1.16 bits per heavy atom. The van der Waals surface area contributed by atoms with Crippen LogP contribution >= 0.6 is 0 Å². The summed E-state index contributed by atoms with van der Waals surface area (Å²) in [5, 5.41) is 0.0229. The number of ether oxygens (including phenoxy) is 3. The second kappa shape index (κ2) is 10.9. The van der Waals surface area contributed by atoms with Gasteiger partial charge in [0.1, 0.15) is 25.4 Å².